The standard InChI is InChI=1S/C20H15N/c1-2-6-15(7-3-1)19-13-20(21-14-19)18-11-10-16-8-4-5-9-17(16)12-18/h1-14,21H. The van der Waals surface area contributed by atoms with E-state index in [9.17, 15) is 0 Å². The molecule has 0 aliphatic heterocycles. The lowest BCUT2D eigenvalue weighted by Crippen LogP contribution is -1.78. The van der Waals surface area contributed by atoms with Gasteiger partial charge in [-0.1, -0.05) is 66.7 Å². The molecule has 3 aromatic carbocycles. The molecule has 0 bridgehead atoms. The summed E-state index contributed by atoms with van der Waals surface area (Å²) < 4.78 is 0. The first-order valence-corrected chi connectivity index (χ1v) is 7.13. The van der Waals surface area contributed by atoms with Crippen LogP contribution in [-0.4, -0.2) is 4.98 Å². The van der Waals surface area contributed by atoms with Crippen molar-refractivity contribution in [1.82, 2.24) is 4.98 Å². The molecule has 1 nitrogen and oxygen atoms in total. The van der Waals surface area contributed by atoms with Crippen LogP contribution in [0.5, 0.6) is 0 Å². The highest BCUT2D eigenvalue weighted by atomic mass is 14.7. The molecule has 0 atom stereocenters. The first-order valence-electron chi connectivity index (χ1n) is 7.13. The first-order chi connectivity index (χ1) is 10.4. The second kappa shape index (κ2) is 4.95. The Kier molecular flexibility index (Phi) is 2.82. The van der Waals surface area contributed by atoms with Gasteiger partial charge in [0.15, 0.2) is 0 Å². The smallest absolute Gasteiger partial charge is 0.0460 e. The highest BCUT2D eigenvalue weighted by molar-refractivity contribution is 5.87. The van der Waals surface area contributed by atoms with Gasteiger partial charge in [0.25, 0.3) is 0 Å². The Hall–Kier alpha value is -2.80. The normalized spacial score (nSPS) is 10.9. The summed E-state index contributed by atoms with van der Waals surface area (Å²) in [4.78, 5) is 3.39. The lowest BCUT2D eigenvalue weighted by Gasteiger charge is -2.01. The number of H-pyrrole nitrogens is 1. The Morgan fingerprint density at radius 1 is 0.524 bits per heavy atom. The van der Waals surface area contributed by atoms with E-state index in [4.69, 9.17) is 0 Å². The second-order valence-corrected chi connectivity index (χ2v) is 5.23. The molecule has 0 aliphatic rings. The molecule has 0 amide bonds. The van der Waals surface area contributed by atoms with Gasteiger partial charge in [0, 0.05) is 11.9 Å². The van der Waals surface area contributed by atoms with E-state index in [2.05, 4.69) is 84.0 Å². The zero-order chi connectivity index (χ0) is 14.1. The highest BCUT2D eigenvalue weighted by Gasteiger charge is 2.04. The Morgan fingerprint density at radius 2 is 1.29 bits per heavy atom. The molecule has 4 aromatic rings. The number of fused-ring (bicyclic) bond motifs is 1. The van der Waals surface area contributed by atoms with Crippen molar-refractivity contribution >= 4 is 10.8 Å². The third-order valence-corrected chi connectivity index (χ3v) is 3.85. The molecule has 0 spiro atoms. The van der Waals surface area contributed by atoms with E-state index in [-0.39, 0.29) is 0 Å². The van der Waals surface area contributed by atoms with Crippen molar-refractivity contribution in [2.45, 2.75) is 0 Å². The van der Waals surface area contributed by atoms with Gasteiger partial charge in [-0.3, -0.25) is 0 Å². The van der Waals surface area contributed by atoms with Crippen LogP contribution in [0.15, 0.2) is 85.1 Å². The number of nitrogens with one attached hydrogen (secondary N) is 1. The molecule has 1 heteroatoms. The fraction of sp³-hybridized carbons (Fsp3) is 0. The van der Waals surface area contributed by atoms with Gasteiger partial charge >= 0.3 is 0 Å². The van der Waals surface area contributed by atoms with Crippen LogP contribution in [0.4, 0.5) is 0 Å². The van der Waals surface area contributed by atoms with Crippen LogP contribution in [0.2, 0.25) is 0 Å². The average molecular weight is 269 g/mol. The Labute approximate surface area is 123 Å². The summed E-state index contributed by atoms with van der Waals surface area (Å²) in [5.74, 6) is 0. The summed E-state index contributed by atoms with van der Waals surface area (Å²) in [7, 11) is 0. The molecular formula is C20H15N. The lowest BCUT2D eigenvalue weighted by atomic mass is 10.0. The number of aromatic nitrogens is 1. The fourth-order valence-corrected chi connectivity index (χ4v) is 2.72. The average Bonchev–Trinajstić information content (AvgIpc) is 3.05. The van der Waals surface area contributed by atoms with Gasteiger partial charge in [0.2, 0.25) is 0 Å². The van der Waals surface area contributed by atoms with E-state index < -0.39 is 0 Å². The molecule has 0 fully saturated rings. The molecule has 0 radical (unpaired) electrons. The van der Waals surface area contributed by atoms with Crippen molar-refractivity contribution in [3.05, 3.63) is 85.1 Å². The minimum atomic E-state index is 1.15. The number of hydrogen-bond donors (Lipinski definition) is 1. The Balaban J connectivity index is 1.77. The molecule has 4 rings (SSSR count). The number of rotatable bonds is 2. The van der Waals surface area contributed by atoms with E-state index in [1.807, 2.05) is 6.07 Å². The summed E-state index contributed by atoms with van der Waals surface area (Å²) in [6.07, 6.45) is 2.07. The van der Waals surface area contributed by atoms with Gasteiger partial charge in [-0.15, -0.1) is 0 Å². The van der Waals surface area contributed by atoms with E-state index in [1.165, 1.54) is 27.5 Å². The van der Waals surface area contributed by atoms with Crippen LogP contribution in [0.25, 0.3) is 33.2 Å². The maximum absolute atomic E-state index is 3.39. The van der Waals surface area contributed by atoms with Gasteiger partial charge < -0.3 is 4.98 Å². The third kappa shape index (κ3) is 2.23. The van der Waals surface area contributed by atoms with Crippen molar-refractivity contribution in [3.63, 3.8) is 0 Å². The molecule has 0 aliphatic carbocycles. The van der Waals surface area contributed by atoms with Crippen LogP contribution in [0.3, 0.4) is 0 Å². The predicted molar refractivity (Wildman–Crippen MR) is 89.2 cm³/mol. The molecule has 0 saturated carbocycles. The van der Waals surface area contributed by atoms with Crippen LogP contribution in [-0.2, 0) is 0 Å². The predicted octanol–water partition coefficient (Wildman–Crippen LogP) is 5.50. The third-order valence-electron chi connectivity index (χ3n) is 3.85. The molecule has 1 heterocycles. The van der Waals surface area contributed by atoms with Crippen molar-refractivity contribution in [2.75, 3.05) is 0 Å². The van der Waals surface area contributed by atoms with Gasteiger partial charge in [-0.2, -0.15) is 0 Å². The Bertz CT molecular complexity index is 888. The largest absolute Gasteiger partial charge is 0.361 e. The molecule has 21 heavy (non-hydrogen) atoms. The summed E-state index contributed by atoms with van der Waals surface area (Å²) >= 11 is 0. The van der Waals surface area contributed by atoms with Crippen molar-refractivity contribution in [1.29, 1.82) is 0 Å². The van der Waals surface area contributed by atoms with Crippen LogP contribution < -0.4 is 0 Å². The van der Waals surface area contributed by atoms with Gasteiger partial charge in [-0.05, 0) is 39.6 Å². The molecule has 0 saturated heterocycles. The fourth-order valence-electron chi connectivity index (χ4n) is 2.72. The van der Waals surface area contributed by atoms with Crippen LogP contribution in [0, 0.1) is 0 Å². The molecular weight excluding hydrogens is 254 g/mol. The zero-order valence-electron chi connectivity index (χ0n) is 11.6. The van der Waals surface area contributed by atoms with E-state index >= 15 is 0 Å². The van der Waals surface area contributed by atoms with Crippen LogP contribution in [0.1, 0.15) is 0 Å². The van der Waals surface area contributed by atoms with Crippen molar-refractivity contribution in [3.8, 4) is 22.4 Å². The number of benzene rings is 3. The second-order valence-electron chi connectivity index (χ2n) is 5.23. The topological polar surface area (TPSA) is 15.8 Å². The lowest BCUT2D eigenvalue weighted by molar-refractivity contribution is 1.40. The van der Waals surface area contributed by atoms with Crippen molar-refractivity contribution < 1.29 is 0 Å². The maximum Gasteiger partial charge on any atom is 0.0460 e. The summed E-state index contributed by atoms with van der Waals surface area (Å²) in [6.45, 7) is 0. The monoisotopic (exact) mass is 269 g/mol. The summed E-state index contributed by atoms with van der Waals surface area (Å²) in [6, 6.07) is 27.7. The SMILES string of the molecule is c1ccc(-c2c[nH]c(-c3ccc4ccccc4c3)c2)cc1. The van der Waals surface area contributed by atoms with Gasteiger partial charge in [0.1, 0.15) is 0 Å². The molecule has 1 N–H and O–H groups in total. The quantitative estimate of drug-likeness (QED) is 0.494. The van der Waals surface area contributed by atoms with Crippen molar-refractivity contribution in [2.24, 2.45) is 0 Å². The molecule has 0 unspecified atom stereocenters. The molecule has 1 aromatic heterocycles. The minimum absolute atomic E-state index is 1.15. The summed E-state index contributed by atoms with van der Waals surface area (Å²) in [5, 5.41) is 2.54. The van der Waals surface area contributed by atoms with E-state index in [0.717, 1.165) is 5.69 Å². The zero-order valence-corrected chi connectivity index (χ0v) is 11.6. The number of hydrogen-bond acceptors (Lipinski definition) is 0. The maximum atomic E-state index is 3.39. The Morgan fingerprint density at radius 3 is 2.14 bits per heavy atom. The van der Waals surface area contributed by atoms with E-state index in [1.54, 1.807) is 0 Å². The summed E-state index contributed by atoms with van der Waals surface area (Å²) in [5.41, 5.74) is 4.83. The van der Waals surface area contributed by atoms with E-state index in [0.29, 0.717) is 0 Å². The highest BCUT2D eigenvalue weighted by Crippen LogP contribution is 2.28. The number of aromatic amines is 1. The minimum Gasteiger partial charge on any atom is -0.361 e. The van der Waals surface area contributed by atoms with Gasteiger partial charge in [0.05, 0.1) is 0 Å². The molecule has 100 valence electrons. The van der Waals surface area contributed by atoms with Gasteiger partial charge in [-0.25, -0.2) is 0 Å². The first kappa shape index (κ1) is 12.0. The van der Waals surface area contributed by atoms with Crippen LogP contribution >= 0.6 is 0 Å².